The molecule has 0 saturated heterocycles. The van der Waals surface area contributed by atoms with Crippen molar-refractivity contribution in [2.24, 2.45) is 0 Å². The minimum absolute atomic E-state index is 0.0616. The van der Waals surface area contributed by atoms with Gasteiger partial charge in [0.1, 0.15) is 6.42 Å². The van der Waals surface area contributed by atoms with Gasteiger partial charge in [0.2, 0.25) is 11.8 Å². The highest BCUT2D eigenvalue weighted by Gasteiger charge is 2.13. The van der Waals surface area contributed by atoms with E-state index in [4.69, 9.17) is 6.42 Å². The van der Waals surface area contributed by atoms with Crippen LogP contribution in [0.15, 0.2) is 24.3 Å². The lowest BCUT2D eigenvalue weighted by molar-refractivity contribution is -0.129. The van der Waals surface area contributed by atoms with E-state index in [1.165, 1.54) is 0 Å². The number of carbonyl (C=O) groups is 2. The fourth-order valence-electron chi connectivity index (χ4n) is 1.70. The van der Waals surface area contributed by atoms with Crippen molar-refractivity contribution in [3.8, 4) is 12.3 Å². The van der Waals surface area contributed by atoms with Gasteiger partial charge in [-0.1, -0.05) is 30.2 Å². The highest BCUT2D eigenvalue weighted by atomic mass is 16.3. The lowest BCUT2D eigenvalue weighted by atomic mass is 10.0. The number of hydrogen-bond donors (Lipinski definition) is 3. The van der Waals surface area contributed by atoms with Crippen molar-refractivity contribution in [1.29, 1.82) is 0 Å². The van der Waals surface area contributed by atoms with Crippen LogP contribution in [0, 0.1) is 19.3 Å². The van der Waals surface area contributed by atoms with Gasteiger partial charge in [-0.25, -0.2) is 0 Å². The maximum Gasteiger partial charge on any atom is 0.230 e. The molecule has 0 aliphatic carbocycles. The summed E-state index contributed by atoms with van der Waals surface area (Å²) in [5.41, 5.74) is 1.70. The first-order valence-electron chi connectivity index (χ1n) is 6.25. The maximum absolute atomic E-state index is 11.5. The van der Waals surface area contributed by atoms with Crippen LogP contribution in [0.3, 0.4) is 0 Å². The fourth-order valence-corrected chi connectivity index (χ4v) is 1.70. The van der Waals surface area contributed by atoms with Crippen LogP contribution in [0.5, 0.6) is 0 Å². The summed E-state index contributed by atoms with van der Waals surface area (Å²) < 4.78 is 0. The molecular weight excluding hydrogens is 256 g/mol. The third-order valence-electron chi connectivity index (χ3n) is 2.75. The average molecular weight is 274 g/mol. The summed E-state index contributed by atoms with van der Waals surface area (Å²) in [6.45, 7) is 2.04. The van der Waals surface area contributed by atoms with Crippen LogP contribution in [0.25, 0.3) is 0 Å². The summed E-state index contributed by atoms with van der Waals surface area (Å²) in [5.74, 6) is 1.36. The van der Waals surface area contributed by atoms with Crippen LogP contribution in [0.1, 0.15) is 23.7 Å². The van der Waals surface area contributed by atoms with Crippen LogP contribution in [0.2, 0.25) is 0 Å². The minimum Gasteiger partial charge on any atom is -0.387 e. The summed E-state index contributed by atoms with van der Waals surface area (Å²) in [6, 6.07) is 7.38. The van der Waals surface area contributed by atoms with Gasteiger partial charge in [0.05, 0.1) is 12.6 Å². The number of aliphatic hydroxyl groups is 1. The first-order chi connectivity index (χ1) is 9.54. The SMILES string of the molecule is C#CCNC(=O)CC(=O)NCC(O)c1ccccc1C. The molecule has 0 spiro atoms. The summed E-state index contributed by atoms with van der Waals surface area (Å²) >= 11 is 0. The molecule has 0 radical (unpaired) electrons. The van der Waals surface area contributed by atoms with Gasteiger partial charge in [0, 0.05) is 6.54 Å². The molecule has 5 heteroatoms. The summed E-state index contributed by atoms with van der Waals surface area (Å²) in [5, 5.41) is 14.9. The van der Waals surface area contributed by atoms with Crippen LogP contribution < -0.4 is 10.6 Å². The molecule has 1 aromatic rings. The molecule has 1 unspecified atom stereocenters. The van der Waals surface area contributed by atoms with Crippen molar-refractivity contribution >= 4 is 11.8 Å². The molecular formula is C15H18N2O3. The van der Waals surface area contributed by atoms with Gasteiger partial charge in [-0.3, -0.25) is 9.59 Å². The van der Waals surface area contributed by atoms with Crippen molar-refractivity contribution in [3.63, 3.8) is 0 Å². The zero-order chi connectivity index (χ0) is 15.0. The van der Waals surface area contributed by atoms with Gasteiger partial charge in [-0.15, -0.1) is 6.42 Å². The van der Waals surface area contributed by atoms with Gasteiger partial charge in [-0.2, -0.15) is 0 Å². The summed E-state index contributed by atoms with van der Waals surface area (Å²) in [6.07, 6.45) is 3.89. The predicted octanol–water partition coefficient (Wildman–Crippen LogP) is 0.284. The number of hydrogen-bond acceptors (Lipinski definition) is 3. The number of aliphatic hydroxyl groups excluding tert-OH is 1. The molecule has 1 rings (SSSR count). The fraction of sp³-hybridized carbons (Fsp3) is 0.333. The van der Waals surface area contributed by atoms with E-state index in [9.17, 15) is 14.7 Å². The van der Waals surface area contributed by atoms with Gasteiger partial charge in [0.25, 0.3) is 0 Å². The molecule has 1 atom stereocenters. The van der Waals surface area contributed by atoms with E-state index in [2.05, 4.69) is 16.6 Å². The molecule has 0 bridgehead atoms. The first kappa shape index (κ1) is 15.7. The summed E-state index contributed by atoms with van der Waals surface area (Å²) in [4.78, 5) is 22.8. The van der Waals surface area contributed by atoms with Crippen molar-refractivity contribution in [1.82, 2.24) is 10.6 Å². The Labute approximate surface area is 118 Å². The number of amides is 2. The Morgan fingerprint density at radius 1 is 1.30 bits per heavy atom. The van der Waals surface area contributed by atoms with E-state index >= 15 is 0 Å². The van der Waals surface area contributed by atoms with Gasteiger partial charge < -0.3 is 15.7 Å². The van der Waals surface area contributed by atoms with E-state index in [0.717, 1.165) is 11.1 Å². The number of nitrogens with one attached hydrogen (secondary N) is 2. The number of terminal acetylenes is 1. The Hall–Kier alpha value is -2.32. The van der Waals surface area contributed by atoms with E-state index < -0.39 is 17.9 Å². The molecule has 5 nitrogen and oxygen atoms in total. The van der Waals surface area contributed by atoms with Gasteiger partial charge in [-0.05, 0) is 18.1 Å². The van der Waals surface area contributed by atoms with Crippen LogP contribution in [-0.4, -0.2) is 30.0 Å². The Morgan fingerprint density at radius 3 is 2.60 bits per heavy atom. The van der Waals surface area contributed by atoms with Crippen molar-refractivity contribution in [2.75, 3.05) is 13.1 Å². The number of benzene rings is 1. The van der Waals surface area contributed by atoms with E-state index in [-0.39, 0.29) is 19.5 Å². The molecule has 0 fully saturated rings. The van der Waals surface area contributed by atoms with E-state index in [0.29, 0.717) is 0 Å². The minimum atomic E-state index is -0.797. The van der Waals surface area contributed by atoms with Crippen molar-refractivity contribution in [2.45, 2.75) is 19.4 Å². The highest BCUT2D eigenvalue weighted by molar-refractivity contribution is 5.96. The Kier molecular flexibility index (Phi) is 6.27. The monoisotopic (exact) mass is 274 g/mol. The molecule has 106 valence electrons. The van der Waals surface area contributed by atoms with Crippen molar-refractivity contribution < 1.29 is 14.7 Å². The molecule has 0 heterocycles. The first-order valence-corrected chi connectivity index (χ1v) is 6.25. The second-order valence-corrected chi connectivity index (χ2v) is 4.33. The highest BCUT2D eigenvalue weighted by Crippen LogP contribution is 2.16. The van der Waals surface area contributed by atoms with Crippen LogP contribution in [-0.2, 0) is 9.59 Å². The Morgan fingerprint density at radius 2 is 1.95 bits per heavy atom. The van der Waals surface area contributed by atoms with Crippen molar-refractivity contribution in [3.05, 3.63) is 35.4 Å². The molecule has 0 aliphatic rings. The van der Waals surface area contributed by atoms with Gasteiger partial charge >= 0.3 is 0 Å². The van der Waals surface area contributed by atoms with Crippen LogP contribution in [0.4, 0.5) is 0 Å². The lowest BCUT2D eigenvalue weighted by Crippen LogP contribution is -2.34. The second kappa shape index (κ2) is 7.97. The largest absolute Gasteiger partial charge is 0.387 e. The van der Waals surface area contributed by atoms with Gasteiger partial charge in [0.15, 0.2) is 0 Å². The van der Waals surface area contributed by atoms with E-state index in [1.807, 2.05) is 25.1 Å². The zero-order valence-electron chi connectivity index (χ0n) is 11.3. The topological polar surface area (TPSA) is 78.4 Å². The number of rotatable bonds is 6. The molecule has 0 saturated carbocycles. The third-order valence-corrected chi connectivity index (χ3v) is 2.75. The Balaban J connectivity index is 2.40. The normalized spacial score (nSPS) is 11.2. The Bertz CT molecular complexity index is 520. The lowest BCUT2D eigenvalue weighted by Gasteiger charge is -2.14. The zero-order valence-corrected chi connectivity index (χ0v) is 11.3. The predicted molar refractivity (Wildman–Crippen MR) is 75.6 cm³/mol. The molecule has 20 heavy (non-hydrogen) atoms. The second-order valence-electron chi connectivity index (χ2n) is 4.33. The molecule has 0 aliphatic heterocycles. The smallest absolute Gasteiger partial charge is 0.230 e. The van der Waals surface area contributed by atoms with Crippen LogP contribution >= 0.6 is 0 Å². The summed E-state index contributed by atoms with van der Waals surface area (Å²) in [7, 11) is 0. The standard InChI is InChI=1S/C15H18N2O3/c1-3-8-16-14(19)9-15(20)17-10-13(18)12-7-5-4-6-11(12)2/h1,4-7,13,18H,8-10H2,2H3,(H,16,19)(H,17,20). The number of carbonyl (C=O) groups excluding carboxylic acids is 2. The third kappa shape index (κ3) is 5.12. The number of aryl methyl sites for hydroxylation is 1. The molecule has 1 aromatic carbocycles. The molecule has 3 N–H and O–H groups in total. The van der Waals surface area contributed by atoms with E-state index in [1.54, 1.807) is 6.07 Å². The quantitative estimate of drug-likeness (QED) is 0.515. The average Bonchev–Trinajstić information content (AvgIpc) is 2.43. The maximum atomic E-state index is 11.5. The molecule has 0 aromatic heterocycles. The molecule has 2 amide bonds.